The van der Waals surface area contributed by atoms with Crippen LogP contribution < -0.4 is 5.32 Å². The number of aromatic nitrogens is 4. The molecule has 170 valence electrons. The molecule has 3 fully saturated rings. The fourth-order valence-corrected chi connectivity index (χ4v) is 5.76. The zero-order valence-corrected chi connectivity index (χ0v) is 17.8. The fourth-order valence-electron chi connectivity index (χ4n) is 5.76. The van der Waals surface area contributed by atoms with E-state index in [2.05, 4.69) is 25.3 Å². The Labute approximate surface area is 178 Å². The first kappa shape index (κ1) is 21.1. The van der Waals surface area contributed by atoms with Crippen LogP contribution in [0.25, 0.3) is 5.78 Å². The highest BCUT2D eigenvalue weighted by Gasteiger charge is 2.61. The maximum absolute atomic E-state index is 13.6. The summed E-state index contributed by atoms with van der Waals surface area (Å²) in [6.07, 6.45) is 2.52. The molecule has 2 aromatic rings. The Morgan fingerprint density at radius 3 is 2.39 bits per heavy atom. The van der Waals surface area contributed by atoms with Crippen molar-refractivity contribution < 1.29 is 17.6 Å². The van der Waals surface area contributed by atoms with Crippen LogP contribution in [0.3, 0.4) is 0 Å². The Balaban J connectivity index is 1.29. The first-order valence-corrected chi connectivity index (χ1v) is 11.0. The predicted octanol–water partition coefficient (Wildman–Crippen LogP) is 3.75. The Hall–Kier alpha value is -1.81. The van der Waals surface area contributed by atoms with Crippen molar-refractivity contribution in [1.29, 1.82) is 0 Å². The molecule has 1 atom stereocenters. The van der Waals surface area contributed by atoms with E-state index in [1.165, 1.54) is 0 Å². The molecule has 2 aliphatic carbocycles. The number of nitrogens with zero attached hydrogens (tertiary/aromatic N) is 5. The van der Waals surface area contributed by atoms with E-state index in [-0.39, 0.29) is 43.1 Å². The molecular formula is C21H28F4N6. The molecule has 31 heavy (non-hydrogen) atoms. The molecule has 0 radical (unpaired) electrons. The average molecular weight is 440 g/mol. The Morgan fingerprint density at radius 2 is 1.77 bits per heavy atom. The lowest BCUT2D eigenvalue weighted by Gasteiger charge is -2.58. The summed E-state index contributed by atoms with van der Waals surface area (Å²) in [4.78, 5) is 11.4. The van der Waals surface area contributed by atoms with Gasteiger partial charge in [-0.05, 0) is 32.7 Å². The average Bonchev–Trinajstić information content (AvgIpc) is 3.03. The van der Waals surface area contributed by atoms with E-state index in [0.29, 0.717) is 38.3 Å². The lowest BCUT2D eigenvalue weighted by Crippen LogP contribution is -2.65. The molecule has 1 saturated heterocycles. The maximum Gasteiger partial charge on any atom is 0.251 e. The van der Waals surface area contributed by atoms with Crippen LogP contribution >= 0.6 is 0 Å². The summed E-state index contributed by atoms with van der Waals surface area (Å²) < 4.78 is 55.2. The number of hydrogen-bond donors (Lipinski definition) is 1. The van der Waals surface area contributed by atoms with Gasteiger partial charge in [-0.2, -0.15) is 5.10 Å². The zero-order chi connectivity index (χ0) is 22.0. The largest absolute Gasteiger partial charge is 0.311 e. The summed E-state index contributed by atoms with van der Waals surface area (Å²) in [5.41, 5.74) is 2.11. The molecule has 2 saturated carbocycles. The smallest absolute Gasteiger partial charge is 0.251 e. The number of nitrogens with one attached hydrogen (secondary N) is 1. The van der Waals surface area contributed by atoms with Gasteiger partial charge in [-0.15, -0.1) is 0 Å². The van der Waals surface area contributed by atoms with E-state index >= 15 is 0 Å². The van der Waals surface area contributed by atoms with Crippen molar-refractivity contribution in [3.63, 3.8) is 0 Å². The standard InChI is InChI=1S/C21H28F4N6/c1-13-15(7-30-11-19(12-30)9-21(24,25)10-19)27-18-28-16(8-31(18)29-13)17(26-2)14-3-5-20(22,23)6-4-14/h8,14,17,26H,3-7,9-12H2,1-2H3. The Kier molecular flexibility index (Phi) is 4.82. The first-order valence-electron chi connectivity index (χ1n) is 11.0. The topological polar surface area (TPSA) is 58.4 Å². The molecular weight excluding hydrogens is 412 g/mol. The van der Waals surface area contributed by atoms with Gasteiger partial charge in [0.25, 0.3) is 5.78 Å². The van der Waals surface area contributed by atoms with Crippen LogP contribution in [-0.4, -0.2) is 56.5 Å². The molecule has 1 N–H and O–H groups in total. The van der Waals surface area contributed by atoms with Crippen molar-refractivity contribution in [3.05, 3.63) is 23.3 Å². The van der Waals surface area contributed by atoms with Gasteiger partial charge < -0.3 is 5.32 Å². The van der Waals surface area contributed by atoms with E-state index < -0.39 is 11.8 Å². The van der Waals surface area contributed by atoms with Crippen molar-refractivity contribution in [2.75, 3.05) is 20.1 Å². The number of imidazole rings is 1. The summed E-state index contributed by atoms with van der Waals surface area (Å²) >= 11 is 0. The van der Waals surface area contributed by atoms with E-state index in [9.17, 15) is 17.6 Å². The van der Waals surface area contributed by atoms with Crippen molar-refractivity contribution in [2.45, 2.75) is 69.9 Å². The SMILES string of the molecule is CNC(c1cn2nc(C)c(CN3CC4(C3)CC(F)(F)C4)nc2n1)C1CCC(F)(F)CC1. The van der Waals surface area contributed by atoms with Gasteiger partial charge in [0, 0.05) is 50.7 Å². The molecule has 3 heterocycles. The van der Waals surface area contributed by atoms with Gasteiger partial charge in [0.15, 0.2) is 0 Å². The van der Waals surface area contributed by atoms with Crippen LogP contribution in [-0.2, 0) is 6.54 Å². The molecule has 3 aliphatic rings. The number of alkyl halides is 4. The maximum atomic E-state index is 13.6. The number of hydrogen-bond acceptors (Lipinski definition) is 5. The third-order valence-corrected chi connectivity index (χ3v) is 7.22. The molecule has 5 rings (SSSR count). The summed E-state index contributed by atoms with van der Waals surface area (Å²) in [5.74, 6) is -4.49. The highest BCUT2D eigenvalue weighted by atomic mass is 19.3. The van der Waals surface area contributed by atoms with E-state index in [4.69, 9.17) is 0 Å². The summed E-state index contributed by atoms with van der Waals surface area (Å²) in [6, 6.07) is -0.126. The molecule has 0 amide bonds. The van der Waals surface area contributed by atoms with E-state index in [1.807, 2.05) is 20.2 Å². The van der Waals surface area contributed by atoms with E-state index in [1.54, 1.807) is 4.52 Å². The molecule has 1 spiro atoms. The molecule has 0 aromatic carbocycles. The predicted molar refractivity (Wildman–Crippen MR) is 106 cm³/mol. The van der Waals surface area contributed by atoms with E-state index in [0.717, 1.165) is 17.1 Å². The van der Waals surface area contributed by atoms with Gasteiger partial charge in [0.2, 0.25) is 11.8 Å². The third kappa shape index (κ3) is 3.92. The highest BCUT2D eigenvalue weighted by Crippen LogP contribution is 2.56. The van der Waals surface area contributed by atoms with Crippen LogP contribution in [0.1, 0.15) is 61.6 Å². The minimum absolute atomic E-state index is 0.0116. The molecule has 2 aromatic heterocycles. The summed E-state index contributed by atoms with van der Waals surface area (Å²) in [5, 5.41) is 7.82. The highest BCUT2D eigenvalue weighted by molar-refractivity contribution is 5.32. The molecule has 10 heteroatoms. The Bertz CT molecular complexity index is 964. The Morgan fingerprint density at radius 1 is 1.10 bits per heavy atom. The van der Waals surface area contributed by atoms with Gasteiger partial charge >= 0.3 is 0 Å². The second kappa shape index (κ2) is 7.10. The number of fused-ring (bicyclic) bond motifs is 1. The van der Waals surface area contributed by atoms with Crippen LogP contribution in [0.2, 0.25) is 0 Å². The minimum Gasteiger partial charge on any atom is -0.311 e. The monoisotopic (exact) mass is 440 g/mol. The van der Waals surface area contributed by atoms with Crippen molar-refractivity contribution in [3.8, 4) is 0 Å². The molecule has 1 aliphatic heterocycles. The normalized spacial score (nSPS) is 26.0. The van der Waals surface area contributed by atoms with Gasteiger partial charge in [0.05, 0.1) is 29.3 Å². The lowest BCUT2D eigenvalue weighted by atomic mass is 9.61. The number of aryl methyl sites for hydroxylation is 1. The number of likely N-dealkylation sites (tertiary alicyclic amines) is 1. The minimum atomic E-state index is -2.56. The van der Waals surface area contributed by atoms with Gasteiger partial charge in [-0.1, -0.05) is 0 Å². The quantitative estimate of drug-likeness (QED) is 0.718. The van der Waals surface area contributed by atoms with Crippen LogP contribution in [0, 0.1) is 18.3 Å². The van der Waals surface area contributed by atoms with Gasteiger partial charge in [-0.25, -0.2) is 32.0 Å². The molecule has 0 bridgehead atoms. The van der Waals surface area contributed by atoms with Crippen molar-refractivity contribution in [2.24, 2.45) is 11.3 Å². The molecule has 6 nitrogen and oxygen atoms in total. The van der Waals surface area contributed by atoms with Gasteiger partial charge in [-0.3, -0.25) is 4.90 Å². The summed E-state index contributed by atoms with van der Waals surface area (Å²) in [6.45, 7) is 3.79. The number of halogens is 4. The zero-order valence-electron chi connectivity index (χ0n) is 17.8. The van der Waals surface area contributed by atoms with Crippen molar-refractivity contribution >= 4 is 5.78 Å². The number of rotatable bonds is 5. The fraction of sp³-hybridized carbons (Fsp3) is 0.762. The lowest BCUT2D eigenvalue weighted by molar-refractivity contribution is -0.215. The summed E-state index contributed by atoms with van der Waals surface area (Å²) in [7, 11) is 1.82. The third-order valence-electron chi connectivity index (χ3n) is 7.22. The second-order valence-electron chi connectivity index (χ2n) is 9.87. The van der Waals surface area contributed by atoms with Crippen molar-refractivity contribution in [1.82, 2.24) is 29.8 Å². The second-order valence-corrected chi connectivity index (χ2v) is 9.87. The van der Waals surface area contributed by atoms with Crippen LogP contribution in [0.4, 0.5) is 17.6 Å². The van der Waals surface area contributed by atoms with Crippen LogP contribution in [0.15, 0.2) is 6.20 Å². The van der Waals surface area contributed by atoms with Crippen LogP contribution in [0.5, 0.6) is 0 Å². The van der Waals surface area contributed by atoms with Gasteiger partial charge in [0.1, 0.15) is 0 Å². The molecule has 1 unspecified atom stereocenters. The first-order chi connectivity index (χ1) is 14.6.